The second kappa shape index (κ2) is 9.36. The van der Waals surface area contributed by atoms with Crippen molar-refractivity contribution in [3.8, 4) is 28.3 Å². The molecule has 4 aromatic heterocycles. The topological polar surface area (TPSA) is 89.1 Å². The van der Waals surface area contributed by atoms with Gasteiger partial charge in [-0.1, -0.05) is 0 Å². The van der Waals surface area contributed by atoms with E-state index in [1.54, 1.807) is 23.1 Å². The summed E-state index contributed by atoms with van der Waals surface area (Å²) in [4.78, 5) is 22.9. The van der Waals surface area contributed by atoms with Crippen molar-refractivity contribution in [1.82, 2.24) is 29.7 Å². The molecule has 38 heavy (non-hydrogen) atoms. The average Bonchev–Trinajstić information content (AvgIpc) is 3.51. The molecule has 10 heteroatoms. The molecule has 5 heterocycles. The number of hydrogen-bond acceptors (Lipinski definition) is 6. The van der Waals surface area contributed by atoms with Crippen molar-refractivity contribution in [1.29, 1.82) is 0 Å². The zero-order valence-electron chi connectivity index (χ0n) is 21.2. The number of rotatable bonds is 4. The van der Waals surface area contributed by atoms with Crippen molar-refractivity contribution in [2.45, 2.75) is 26.8 Å². The Hall–Kier alpha value is -4.62. The van der Waals surface area contributed by atoms with Crippen molar-refractivity contribution in [2.75, 3.05) is 24.7 Å². The lowest BCUT2D eigenvalue weighted by Gasteiger charge is -2.34. The molecule has 0 amide bonds. The minimum absolute atomic E-state index is 0.117. The summed E-state index contributed by atoms with van der Waals surface area (Å²) in [5, 5.41) is 5.61. The summed E-state index contributed by atoms with van der Waals surface area (Å²) in [6, 6.07) is 8.69. The maximum Gasteiger partial charge on any atom is 0.207 e. The third kappa shape index (κ3) is 4.07. The van der Waals surface area contributed by atoms with Crippen LogP contribution >= 0.6 is 0 Å². The van der Waals surface area contributed by atoms with E-state index >= 15 is 0 Å². The first kappa shape index (κ1) is 23.8. The molecule has 1 N–H and O–H groups in total. The van der Waals surface area contributed by atoms with Crippen LogP contribution in [0.1, 0.15) is 18.3 Å². The van der Waals surface area contributed by atoms with Gasteiger partial charge in [0.2, 0.25) is 5.69 Å². The van der Waals surface area contributed by atoms with Gasteiger partial charge in [-0.25, -0.2) is 23.9 Å². The lowest BCUT2D eigenvalue weighted by molar-refractivity contribution is 0.0985. The number of benzene rings is 1. The third-order valence-corrected chi connectivity index (χ3v) is 6.88. The first-order valence-electron chi connectivity index (χ1n) is 12.3. The standard InChI is InChI=1S/C28H25FN8O/c1-16-15-38-8-7-36(16)26-12-25(33-28(34-26)23-9-19(29)10-24-22(23)5-6-32-24)27-17(2)35-37(18(27)3)21-11-20(30-4)13-31-14-21/h5-6,9-14,16,32H,7-8,15H2,1-3H3/t16-/m1/s1. The fourth-order valence-corrected chi connectivity index (χ4v) is 5.07. The predicted molar refractivity (Wildman–Crippen MR) is 143 cm³/mol. The van der Waals surface area contributed by atoms with Gasteiger partial charge >= 0.3 is 0 Å². The fourth-order valence-electron chi connectivity index (χ4n) is 5.07. The average molecular weight is 509 g/mol. The van der Waals surface area contributed by atoms with Crippen molar-refractivity contribution < 1.29 is 9.13 Å². The van der Waals surface area contributed by atoms with Gasteiger partial charge in [0.15, 0.2) is 5.82 Å². The molecule has 5 aromatic rings. The van der Waals surface area contributed by atoms with Crippen LogP contribution in [0, 0.1) is 26.2 Å². The van der Waals surface area contributed by atoms with Gasteiger partial charge in [-0.3, -0.25) is 4.98 Å². The van der Waals surface area contributed by atoms with Crippen molar-refractivity contribution in [3.63, 3.8) is 0 Å². The highest BCUT2D eigenvalue weighted by Gasteiger charge is 2.25. The van der Waals surface area contributed by atoms with Gasteiger partial charge in [-0.05, 0) is 45.0 Å². The number of nitrogens with zero attached hydrogens (tertiary/aromatic N) is 7. The van der Waals surface area contributed by atoms with Crippen molar-refractivity contribution in [2.24, 2.45) is 0 Å². The Balaban J connectivity index is 1.56. The first-order valence-corrected chi connectivity index (χ1v) is 12.3. The molecular weight excluding hydrogens is 483 g/mol. The van der Waals surface area contributed by atoms with E-state index in [1.807, 2.05) is 26.0 Å². The lowest BCUT2D eigenvalue weighted by Crippen LogP contribution is -2.44. The summed E-state index contributed by atoms with van der Waals surface area (Å²) in [6.45, 7) is 15.2. The molecule has 190 valence electrons. The van der Waals surface area contributed by atoms with Gasteiger partial charge in [-0.15, -0.1) is 0 Å². The summed E-state index contributed by atoms with van der Waals surface area (Å²) >= 11 is 0. The smallest absolute Gasteiger partial charge is 0.207 e. The van der Waals surface area contributed by atoms with Crippen LogP contribution in [0.25, 0.3) is 44.1 Å². The Kier molecular flexibility index (Phi) is 5.85. The molecule has 0 radical (unpaired) electrons. The number of nitrogens with one attached hydrogen (secondary N) is 1. The van der Waals surface area contributed by atoms with Crippen LogP contribution in [0.15, 0.2) is 48.9 Å². The van der Waals surface area contributed by atoms with Gasteiger partial charge < -0.3 is 14.6 Å². The number of aromatic amines is 1. The van der Waals surface area contributed by atoms with Crippen LogP contribution < -0.4 is 4.90 Å². The molecule has 1 aliphatic heterocycles. The van der Waals surface area contributed by atoms with Crippen LogP contribution in [0.5, 0.6) is 0 Å². The Morgan fingerprint density at radius 1 is 1.16 bits per heavy atom. The molecule has 1 saturated heterocycles. The molecule has 0 spiro atoms. The Morgan fingerprint density at radius 3 is 2.84 bits per heavy atom. The number of fused-ring (bicyclic) bond motifs is 1. The molecule has 1 fully saturated rings. The summed E-state index contributed by atoms with van der Waals surface area (Å²) < 4.78 is 22.1. The van der Waals surface area contributed by atoms with Crippen molar-refractivity contribution >= 4 is 22.4 Å². The number of morpholine rings is 1. The maximum absolute atomic E-state index is 14.6. The molecule has 6 rings (SSSR count). The second-order valence-corrected chi connectivity index (χ2v) is 9.42. The third-order valence-electron chi connectivity index (χ3n) is 6.88. The molecule has 0 aliphatic carbocycles. The molecule has 1 atom stereocenters. The van der Waals surface area contributed by atoms with E-state index in [-0.39, 0.29) is 11.9 Å². The van der Waals surface area contributed by atoms with E-state index in [0.29, 0.717) is 53.7 Å². The van der Waals surface area contributed by atoms with Crippen LogP contribution in [0.4, 0.5) is 15.9 Å². The minimum Gasteiger partial charge on any atom is -0.377 e. The highest BCUT2D eigenvalue weighted by Crippen LogP contribution is 2.35. The lowest BCUT2D eigenvalue weighted by atomic mass is 10.1. The number of aryl methyl sites for hydroxylation is 1. The van der Waals surface area contributed by atoms with Gasteiger partial charge in [-0.2, -0.15) is 5.10 Å². The Bertz CT molecular complexity index is 1720. The Morgan fingerprint density at radius 2 is 2.03 bits per heavy atom. The summed E-state index contributed by atoms with van der Waals surface area (Å²) in [6.07, 6.45) is 4.99. The fraction of sp³-hybridized carbons (Fsp3) is 0.250. The summed E-state index contributed by atoms with van der Waals surface area (Å²) in [7, 11) is 0. The predicted octanol–water partition coefficient (Wildman–Crippen LogP) is 5.40. The van der Waals surface area contributed by atoms with Crippen LogP contribution in [-0.2, 0) is 4.74 Å². The monoisotopic (exact) mass is 508 g/mol. The van der Waals surface area contributed by atoms with Gasteiger partial charge in [0.05, 0.1) is 48.6 Å². The Labute approximate surface area is 218 Å². The number of aromatic nitrogens is 6. The zero-order chi connectivity index (χ0) is 26.4. The van der Waals surface area contributed by atoms with Gasteiger partial charge in [0.25, 0.3) is 0 Å². The van der Waals surface area contributed by atoms with Gasteiger partial charge in [0.1, 0.15) is 11.6 Å². The highest BCUT2D eigenvalue weighted by atomic mass is 19.1. The quantitative estimate of drug-likeness (QED) is 0.327. The molecule has 1 aliphatic rings. The number of hydrogen-bond donors (Lipinski definition) is 1. The molecule has 9 nitrogen and oxygen atoms in total. The highest BCUT2D eigenvalue weighted by molar-refractivity contribution is 5.94. The maximum atomic E-state index is 14.6. The molecule has 0 bridgehead atoms. The number of halogens is 1. The number of anilines is 1. The van der Waals surface area contributed by atoms with Crippen LogP contribution in [-0.4, -0.2) is 55.5 Å². The van der Waals surface area contributed by atoms with E-state index in [4.69, 9.17) is 26.4 Å². The largest absolute Gasteiger partial charge is 0.377 e. The van der Waals surface area contributed by atoms with E-state index in [1.165, 1.54) is 18.3 Å². The van der Waals surface area contributed by atoms with Crippen LogP contribution in [0.2, 0.25) is 0 Å². The number of pyridine rings is 1. The SMILES string of the molecule is [C-]#[N+]c1cncc(-n2nc(C)c(-c3cc(N4CCOC[C@H]4C)nc(-c4cc(F)cc5[nH]ccc45)n3)c2C)c1. The number of ether oxygens (including phenoxy) is 1. The normalized spacial score (nSPS) is 15.7. The minimum atomic E-state index is -0.363. The summed E-state index contributed by atoms with van der Waals surface area (Å²) in [5.41, 5.74) is 5.59. The molecule has 1 aromatic carbocycles. The van der Waals surface area contributed by atoms with E-state index < -0.39 is 0 Å². The molecule has 0 unspecified atom stereocenters. The van der Waals surface area contributed by atoms with Crippen molar-refractivity contribution in [3.05, 3.63) is 77.5 Å². The van der Waals surface area contributed by atoms with E-state index in [2.05, 4.69) is 26.6 Å². The second-order valence-electron chi connectivity index (χ2n) is 9.42. The zero-order valence-corrected chi connectivity index (χ0v) is 21.2. The van der Waals surface area contributed by atoms with Gasteiger partial charge in [0, 0.05) is 53.2 Å². The number of H-pyrrole nitrogens is 1. The van der Waals surface area contributed by atoms with E-state index in [9.17, 15) is 4.39 Å². The molecular formula is C28H25FN8O. The summed E-state index contributed by atoms with van der Waals surface area (Å²) in [5.74, 6) is 0.818. The van der Waals surface area contributed by atoms with E-state index in [0.717, 1.165) is 28.2 Å². The first-order chi connectivity index (χ1) is 18.4. The van der Waals surface area contributed by atoms with Crippen LogP contribution in [0.3, 0.4) is 0 Å². The molecule has 0 saturated carbocycles.